The lowest BCUT2D eigenvalue weighted by Gasteiger charge is -2.42. The predicted octanol–water partition coefficient (Wildman–Crippen LogP) is 3.15. The third-order valence-corrected chi connectivity index (χ3v) is 4.47. The molecule has 1 aliphatic heterocycles. The first-order valence-corrected chi connectivity index (χ1v) is 8.28. The molecular weight excluding hydrogens is 248 g/mol. The molecule has 1 saturated heterocycles. The smallest absolute Gasteiger partial charge is 0.0472 e. The fourth-order valence-electron chi connectivity index (χ4n) is 2.95. The Hall–Kier alpha value is -0.120. The Balaban J connectivity index is 2.58. The van der Waals surface area contributed by atoms with Crippen molar-refractivity contribution in [3.8, 4) is 0 Å². The minimum atomic E-state index is 0.195. The Morgan fingerprint density at radius 2 is 1.85 bits per heavy atom. The zero-order valence-electron chi connectivity index (χ0n) is 14.6. The minimum Gasteiger partial charge on any atom is -0.381 e. The van der Waals surface area contributed by atoms with E-state index in [-0.39, 0.29) is 5.54 Å². The van der Waals surface area contributed by atoms with Crippen LogP contribution >= 0.6 is 0 Å². The Morgan fingerprint density at radius 1 is 1.25 bits per heavy atom. The van der Waals surface area contributed by atoms with Gasteiger partial charge in [-0.1, -0.05) is 20.3 Å². The van der Waals surface area contributed by atoms with Gasteiger partial charge in [-0.25, -0.2) is 0 Å². The molecular formula is C17H36N2O. The van der Waals surface area contributed by atoms with Gasteiger partial charge < -0.3 is 15.0 Å². The van der Waals surface area contributed by atoms with Crippen LogP contribution in [0.5, 0.6) is 0 Å². The fourth-order valence-corrected chi connectivity index (χ4v) is 2.95. The van der Waals surface area contributed by atoms with Gasteiger partial charge in [0.25, 0.3) is 0 Å². The normalized spacial score (nSPS) is 21.1. The van der Waals surface area contributed by atoms with Gasteiger partial charge >= 0.3 is 0 Å². The number of rotatable bonds is 7. The van der Waals surface area contributed by atoms with Crippen LogP contribution in [-0.2, 0) is 4.74 Å². The highest BCUT2D eigenvalue weighted by molar-refractivity contribution is 4.89. The number of hydrogen-bond donors (Lipinski definition) is 1. The molecule has 1 heterocycles. The number of nitrogens with zero attached hydrogens (tertiary/aromatic N) is 1. The Kier molecular flexibility index (Phi) is 6.96. The Morgan fingerprint density at radius 3 is 2.35 bits per heavy atom. The molecule has 0 aliphatic carbocycles. The predicted molar refractivity (Wildman–Crippen MR) is 87.2 cm³/mol. The first kappa shape index (κ1) is 17.9. The topological polar surface area (TPSA) is 24.5 Å². The van der Waals surface area contributed by atoms with Gasteiger partial charge in [-0.05, 0) is 52.0 Å². The van der Waals surface area contributed by atoms with Gasteiger partial charge in [-0.2, -0.15) is 0 Å². The summed E-state index contributed by atoms with van der Waals surface area (Å²) in [5.74, 6) is 0.785. The van der Waals surface area contributed by atoms with E-state index in [9.17, 15) is 0 Å². The second-order valence-corrected chi connectivity index (χ2v) is 7.93. The molecule has 0 bridgehead atoms. The highest BCUT2D eigenvalue weighted by Gasteiger charge is 2.34. The second-order valence-electron chi connectivity index (χ2n) is 7.93. The lowest BCUT2D eigenvalue weighted by atomic mass is 9.79. The first-order chi connectivity index (χ1) is 9.26. The number of nitrogens with one attached hydrogen (secondary N) is 1. The standard InChI is InChI=1S/C17H36N2O/c1-7-15(2)12-19(6)14-17(8-10-20-11-9-17)13-18-16(3,4)5/h15,18H,7-14H2,1-6H3. The van der Waals surface area contributed by atoms with Gasteiger partial charge in [0, 0.05) is 38.4 Å². The summed E-state index contributed by atoms with van der Waals surface area (Å²) >= 11 is 0. The van der Waals surface area contributed by atoms with E-state index in [1.54, 1.807) is 0 Å². The fraction of sp³-hybridized carbons (Fsp3) is 1.00. The third kappa shape index (κ3) is 6.55. The summed E-state index contributed by atoms with van der Waals surface area (Å²) in [5.41, 5.74) is 0.578. The van der Waals surface area contributed by atoms with E-state index in [1.165, 1.54) is 32.4 Å². The summed E-state index contributed by atoms with van der Waals surface area (Å²) in [7, 11) is 2.28. The van der Waals surface area contributed by atoms with Crippen LogP contribution in [0, 0.1) is 11.3 Å². The lowest BCUT2D eigenvalue weighted by Crippen LogP contribution is -2.51. The van der Waals surface area contributed by atoms with Crippen molar-refractivity contribution in [2.75, 3.05) is 39.9 Å². The maximum absolute atomic E-state index is 5.59. The summed E-state index contributed by atoms with van der Waals surface area (Å²) in [6.45, 7) is 16.7. The highest BCUT2D eigenvalue weighted by Crippen LogP contribution is 2.31. The molecule has 0 spiro atoms. The quantitative estimate of drug-likeness (QED) is 0.777. The maximum atomic E-state index is 5.59. The molecule has 1 atom stereocenters. The SMILES string of the molecule is CCC(C)CN(C)CC1(CNC(C)(C)C)CCOCC1. The van der Waals surface area contributed by atoms with E-state index < -0.39 is 0 Å². The monoisotopic (exact) mass is 284 g/mol. The molecule has 3 heteroatoms. The maximum Gasteiger partial charge on any atom is 0.0472 e. The van der Waals surface area contributed by atoms with Crippen LogP contribution in [0.15, 0.2) is 0 Å². The van der Waals surface area contributed by atoms with Gasteiger partial charge in [-0.3, -0.25) is 0 Å². The molecule has 3 nitrogen and oxygen atoms in total. The molecule has 1 unspecified atom stereocenters. The van der Waals surface area contributed by atoms with Crippen molar-refractivity contribution >= 4 is 0 Å². The van der Waals surface area contributed by atoms with Gasteiger partial charge in [-0.15, -0.1) is 0 Å². The molecule has 0 saturated carbocycles. The molecule has 1 rings (SSSR count). The van der Waals surface area contributed by atoms with E-state index in [1.807, 2.05) is 0 Å². The van der Waals surface area contributed by atoms with Crippen LogP contribution in [-0.4, -0.2) is 50.3 Å². The molecule has 1 aliphatic rings. The third-order valence-electron chi connectivity index (χ3n) is 4.47. The van der Waals surface area contributed by atoms with Gasteiger partial charge in [0.1, 0.15) is 0 Å². The van der Waals surface area contributed by atoms with Crippen LogP contribution in [0.4, 0.5) is 0 Å². The van der Waals surface area contributed by atoms with Gasteiger partial charge in [0.2, 0.25) is 0 Å². The van der Waals surface area contributed by atoms with Crippen molar-refractivity contribution in [1.82, 2.24) is 10.2 Å². The molecule has 0 aromatic carbocycles. The van der Waals surface area contributed by atoms with Crippen molar-refractivity contribution in [3.63, 3.8) is 0 Å². The minimum absolute atomic E-state index is 0.195. The number of ether oxygens (including phenoxy) is 1. The summed E-state index contributed by atoms with van der Waals surface area (Å²) in [4.78, 5) is 2.53. The zero-order valence-corrected chi connectivity index (χ0v) is 14.6. The van der Waals surface area contributed by atoms with E-state index >= 15 is 0 Å². The van der Waals surface area contributed by atoms with Crippen molar-refractivity contribution in [1.29, 1.82) is 0 Å². The largest absolute Gasteiger partial charge is 0.381 e. The van der Waals surface area contributed by atoms with Crippen LogP contribution in [0.25, 0.3) is 0 Å². The second kappa shape index (κ2) is 7.77. The Labute approximate surface area is 126 Å². The van der Waals surface area contributed by atoms with E-state index in [0.717, 1.165) is 25.7 Å². The average Bonchev–Trinajstić information content (AvgIpc) is 2.36. The van der Waals surface area contributed by atoms with Crippen LogP contribution in [0.3, 0.4) is 0 Å². The molecule has 120 valence electrons. The van der Waals surface area contributed by atoms with Crippen LogP contribution < -0.4 is 5.32 Å². The van der Waals surface area contributed by atoms with E-state index in [0.29, 0.717) is 5.41 Å². The van der Waals surface area contributed by atoms with Gasteiger partial charge in [0.05, 0.1) is 0 Å². The summed E-state index contributed by atoms with van der Waals surface area (Å²) in [5, 5.41) is 3.72. The van der Waals surface area contributed by atoms with Crippen LogP contribution in [0.2, 0.25) is 0 Å². The number of hydrogen-bond acceptors (Lipinski definition) is 3. The van der Waals surface area contributed by atoms with Crippen molar-refractivity contribution in [2.45, 2.75) is 59.4 Å². The molecule has 0 aromatic rings. The van der Waals surface area contributed by atoms with Crippen LogP contribution in [0.1, 0.15) is 53.9 Å². The molecule has 0 amide bonds. The van der Waals surface area contributed by atoms with Crippen molar-refractivity contribution < 1.29 is 4.74 Å². The average molecular weight is 284 g/mol. The Bertz CT molecular complexity index is 267. The molecule has 1 fully saturated rings. The summed E-state index contributed by atoms with van der Waals surface area (Å²) in [6, 6.07) is 0. The van der Waals surface area contributed by atoms with E-state index in [2.05, 4.69) is 51.9 Å². The van der Waals surface area contributed by atoms with Gasteiger partial charge in [0.15, 0.2) is 0 Å². The highest BCUT2D eigenvalue weighted by atomic mass is 16.5. The first-order valence-electron chi connectivity index (χ1n) is 8.28. The van der Waals surface area contributed by atoms with Crippen molar-refractivity contribution in [3.05, 3.63) is 0 Å². The molecule has 0 radical (unpaired) electrons. The summed E-state index contributed by atoms with van der Waals surface area (Å²) < 4.78 is 5.59. The van der Waals surface area contributed by atoms with Crippen molar-refractivity contribution in [2.24, 2.45) is 11.3 Å². The zero-order chi connectivity index (χ0) is 15.2. The molecule has 0 aromatic heterocycles. The molecule has 20 heavy (non-hydrogen) atoms. The molecule has 1 N–H and O–H groups in total. The lowest BCUT2D eigenvalue weighted by molar-refractivity contribution is -0.00491. The van der Waals surface area contributed by atoms with E-state index in [4.69, 9.17) is 4.74 Å². The summed E-state index contributed by atoms with van der Waals surface area (Å²) in [6.07, 6.45) is 3.63.